The van der Waals surface area contributed by atoms with Crippen LogP contribution >= 0.6 is 23.1 Å². The van der Waals surface area contributed by atoms with Crippen molar-refractivity contribution < 1.29 is 9.53 Å². The number of aromatic nitrogens is 2. The van der Waals surface area contributed by atoms with Gasteiger partial charge in [-0.3, -0.25) is 4.79 Å². The van der Waals surface area contributed by atoms with E-state index in [9.17, 15) is 4.79 Å². The molecule has 1 atom stereocenters. The number of unbranched alkanes of at least 4 members (excludes halogenated alkanes) is 2. The highest BCUT2D eigenvalue weighted by molar-refractivity contribution is 8.00. The molecule has 0 spiro atoms. The van der Waals surface area contributed by atoms with Crippen molar-refractivity contribution in [3.05, 3.63) is 16.8 Å². The first kappa shape index (κ1) is 17.7. The monoisotopic (exact) mass is 364 g/mol. The fourth-order valence-corrected chi connectivity index (χ4v) is 5.25. The Hall–Kier alpha value is -1.14. The zero-order chi connectivity index (χ0) is 16.9. The Kier molecular flexibility index (Phi) is 6.11. The van der Waals surface area contributed by atoms with Gasteiger partial charge < -0.3 is 4.74 Å². The molecule has 0 N–H and O–H groups in total. The van der Waals surface area contributed by atoms with Gasteiger partial charge in [0.2, 0.25) is 0 Å². The maximum absolute atomic E-state index is 12.2. The summed E-state index contributed by atoms with van der Waals surface area (Å²) in [5.41, 5.74) is 1.41. The van der Waals surface area contributed by atoms with Gasteiger partial charge in [0, 0.05) is 10.3 Å². The molecule has 4 nitrogen and oxygen atoms in total. The number of thiophene rings is 1. The molecule has 24 heavy (non-hydrogen) atoms. The molecule has 1 aliphatic carbocycles. The molecule has 0 fully saturated rings. The van der Waals surface area contributed by atoms with Crippen LogP contribution in [0.25, 0.3) is 10.2 Å². The third kappa shape index (κ3) is 3.91. The van der Waals surface area contributed by atoms with Crippen molar-refractivity contribution in [2.24, 2.45) is 0 Å². The normalized spacial score (nSPS) is 15.2. The van der Waals surface area contributed by atoms with Crippen LogP contribution in [0.3, 0.4) is 0 Å². The number of thioether (sulfide) groups is 1. The fourth-order valence-electron chi connectivity index (χ4n) is 3.01. The SMILES string of the molecule is CCCCCOC(=O)[C@H](C)Sc1ncnc2sc3c(c12)CCCC3. The van der Waals surface area contributed by atoms with E-state index in [1.165, 1.54) is 40.4 Å². The Morgan fingerprint density at radius 1 is 1.33 bits per heavy atom. The molecule has 0 unspecified atom stereocenters. The first-order chi connectivity index (χ1) is 11.7. The topological polar surface area (TPSA) is 52.1 Å². The van der Waals surface area contributed by atoms with Gasteiger partial charge in [-0.25, -0.2) is 9.97 Å². The lowest BCUT2D eigenvalue weighted by atomic mass is 9.97. The molecule has 0 saturated heterocycles. The van der Waals surface area contributed by atoms with Gasteiger partial charge in [0.15, 0.2) is 0 Å². The first-order valence-electron chi connectivity index (χ1n) is 8.79. The number of esters is 1. The van der Waals surface area contributed by atoms with Gasteiger partial charge in [-0.05, 0) is 44.6 Å². The van der Waals surface area contributed by atoms with Crippen molar-refractivity contribution in [2.75, 3.05) is 6.61 Å². The predicted molar refractivity (Wildman–Crippen MR) is 99.9 cm³/mol. The van der Waals surface area contributed by atoms with E-state index in [0.717, 1.165) is 42.0 Å². The van der Waals surface area contributed by atoms with E-state index in [-0.39, 0.29) is 11.2 Å². The van der Waals surface area contributed by atoms with Crippen molar-refractivity contribution in [1.29, 1.82) is 0 Å². The Labute approximate surface area is 151 Å². The van der Waals surface area contributed by atoms with E-state index in [0.29, 0.717) is 6.61 Å². The fraction of sp³-hybridized carbons (Fsp3) is 0.611. The third-order valence-electron chi connectivity index (χ3n) is 4.33. The highest BCUT2D eigenvalue weighted by Gasteiger charge is 2.23. The summed E-state index contributed by atoms with van der Waals surface area (Å²) in [5.74, 6) is -0.146. The summed E-state index contributed by atoms with van der Waals surface area (Å²) < 4.78 is 5.38. The van der Waals surface area contributed by atoms with Gasteiger partial charge in [-0.1, -0.05) is 31.5 Å². The van der Waals surface area contributed by atoms with Crippen LogP contribution in [0.4, 0.5) is 0 Å². The largest absolute Gasteiger partial charge is 0.465 e. The number of hydrogen-bond acceptors (Lipinski definition) is 6. The van der Waals surface area contributed by atoms with Crippen molar-refractivity contribution in [3.8, 4) is 0 Å². The van der Waals surface area contributed by atoms with E-state index >= 15 is 0 Å². The molecule has 0 bridgehead atoms. The van der Waals surface area contributed by atoms with Gasteiger partial charge in [-0.15, -0.1) is 11.3 Å². The number of aryl methyl sites for hydroxylation is 2. The van der Waals surface area contributed by atoms with E-state index in [4.69, 9.17) is 4.74 Å². The van der Waals surface area contributed by atoms with Crippen molar-refractivity contribution in [2.45, 2.75) is 69.1 Å². The first-order valence-corrected chi connectivity index (χ1v) is 10.5. The maximum atomic E-state index is 12.2. The summed E-state index contributed by atoms with van der Waals surface area (Å²) in [6.45, 7) is 4.56. The molecule has 3 rings (SSSR count). The van der Waals surface area contributed by atoms with Crippen LogP contribution in [-0.2, 0) is 22.4 Å². The number of carbonyl (C=O) groups excluding carboxylic acids is 1. The summed E-state index contributed by atoms with van der Waals surface area (Å²) in [6.07, 6.45) is 9.53. The summed E-state index contributed by atoms with van der Waals surface area (Å²) in [7, 11) is 0. The number of carbonyl (C=O) groups is 1. The van der Waals surface area contributed by atoms with Crippen molar-refractivity contribution in [3.63, 3.8) is 0 Å². The number of nitrogens with zero attached hydrogens (tertiary/aromatic N) is 2. The second-order valence-corrected chi connectivity index (χ2v) is 8.62. The van der Waals surface area contributed by atoms with Crippen LogP contribution in [0.1, 0.15) is 56.4 Å². The zero-order valence-corrected chi connectivity index (χ0v) is 16.0. The summed E-state index contributed by atoms with van der Waals surface area (Å²) >= 11 is 3.29. The molecule has 0 radical (unpaired) electrons. The number of ether oxygens (including phenoxy) is 1. The maximum Gasteiger partial charge on any atom is 0.319 e. The lowest BCUT2D eigenvalue weighted by Crippen LogP contribution is -2.17. The minimum atomic E-state index is -0.246. The Morgan fingerprint density at radius 2 is 2.17 bits per heavy atom. The number of rotatable bonds is 7. The van der Waals surface area contributed by atoms with Gasteiger partial charge in [0.05, 0.1) is 6.61 Å². The highest BCUT2D eigenvalue weighted by Crippen LogP contribution is 2.40. The second kappa shape index (κ2) is 8.30. The van der Waals surface area contributed by atoms with Crippen molar-refractivity contribution >= 4 is 39.3 Å². The summed E-state index contributed by atoms with van der Waals surface area (Å²) in [5, 5.41) is 1.86. The van der Waals surface area contributed by atoms with E-state index in [1.807, 2.05) is 6.92 Å². The molecule has 130 valence electrons. The molecule has 0 aromatic carbocycles. The minimum Gasteiger partial charge on any atom is -0.465 e. The van der Waals surface area contributed by atoms with E-state index < -0.39 is 0 Å². The lowest BCUT2D eigenvalue weighted by Gasteiger charge is -2.13. The van der Waals surface area contributed by atoms with Crippen LogP contribution in [0.15, 0.2) is 11.4 Å². The zero-order valence-electron chi connectivity index (χ0n) is 14.3. The molecule has 0 amide bonds. The van der Waals surface area contributed by atoms with E-state index in [1.54, 1.807) is 17.7 Å². The molecule has 0 aliphatic heterocycles. The van der Waals surface area contributed by atoms with Gasteiger partial charge >= 0.3 is 5.97 Å². The molecule has 0 saturated carbocycles. The quantitative estimate of drug-likeness (QED) is 0.306. The minimum absolute atomic E-state index is 0.146. The average Bonchev–Trinajstić information content (AvgIpc) is 2.98. The highest BCUT2D eigenvalue weighted by atomic mass is 32.2. The average molecular weight is 365 g/mol. The van der Waals surface area contributed by atoms with Gasteiger partial charge in [0.25, 0.3) is 0 Å². The Bertz CT molecular complexity index is 714. The summed E-state index contributed by atoms with van der Waals surface area (Å²) in [6, 6.07) is 0. The van der Waals surface area contributed by atoms with Crippen LogP contribution in [0, 0.1) is 0 Å². The van der Waals surface area contributed by atoms with Crippen LogP contribution in [0.5, 0.6) is 0 Å². The van der Waals surface area contributed by atoms with Gasteiger partial charge in [-0.2, -0.15) is 0 Å². The molecule has 2 aromatic rings. The van der Waals surface area contributed by atoms with E-state index in [2.05, 4.69) is 16.9 Å². The van der Waals surface area contributed by atoms with Crippen molar-refractivity contribution in [1.82, 2.24) is 9.97 Å². The Balaban J connectivity index is 1.72. The molecule has 2 heterocycles. The Morgan fingerprint density at radius 3 is 3.00 bits per heavy atom. The second-order valence-electron chi connectivity index (χ2n) is 6.20. The van der Waals surface area contributed by atoms with Crippen LogP contribution in [-0.4, -0.2) is 27.8 Å². The van der Waals surface area contributed by atoms with Crippen LogP contribution in [0.2, 0.25) is 0 Å². The molecular weight excluding hydrogens is 340 g/mol. The molecular formula is C18H24N2O2S2. The lowest BCUT2D eigenvalue weighted by molar-refractivity contribution is -0.142. The summed E-state index contributed by atoms with van der Waals surface area (Å²) in [4.78, 5) is 23.6. The molecule has 1 aliphatic rings. The number of hydrogen-bond donors (Lipinski definition) is 0. The van der Waals surface area contributed by atoms with Gasteiger partial charge in [0.1, 0.15) is 21.4 Å². The number of fused-ring (bicyclic) bond motifs is 3. The molecule has 2 aromatic heterocycles. The molecule has 6 heteroatoms. The van der Waals surface area contributed by atoms with Crippen LogP contribution < -0.4 is 0 Å². The smallest absolute Gasteiger partial charge is 0.319 e. The standard InChI is InChI=1S/C18H24N2O2S2/c1-3-4-7-10-22-18(21)12(2)23-16-15-13-8-5-6-9-14(13)24-17(15)20-11-19-16/h11-12H,3-10H2,1-2H3/t12-/m0/s1. The predicted octanol–water partition coefficient (Wildman–Crippen LogP) is 4.78. The third-order valence-corrected chi connectivity index (χ3v) is 6.61.